The van der Waals surface area contributed by atoms with Crippen molar-refractivity contribution < 1.29 is 13.9 Å². The first-order valence-electron chi connectivity index (χ1n) is 13.5. The third kappa shape index (κ3) is 3.88. The van der Waals surface area contributed by atoms with Gasteiger partial charge in [-0.3, -0.25) is 4.79 Å². The van der Waals surface area contributed by atoms with Crippen LogP contribution in [-0.2, 0) is 4.74 Å². The normalized spacial score (nSPS) is 18.1. The summed E-state index contributed by atoms with van der Waals surface area (Å²) in [4.78, 5) is 19.7. The molecule has 2 aliphatic rings. The Hall–Kier alpha value is -3.41. The van der Waals surface area contributed by atoms with Gasteiger partial charge in [0.05, 0.1) is 35.0 Å². The molecule has 2 aromatic heterocycles. The molecule has 7 nitrogen and oxygen atoms in total. The van der Waals surface area contributed by atoms with Crippen LogP contribution in [0.4, 0.5) is 4.39 Å². The van der Waals surface area contributed by atoms with Crippen LogP contribution in [0.25, 0.3) is 32.8 Å². The van der Waals surface area contributed by atoms with E-state index in [1.807, 2.05) is 18.4 Å². The number of H-pyrrole nitrogens is 1. The first-order valence-corrected chi connectivity index (χ1v) is 13.5. The van der Waals surface area contributed by atoms with Gasteiger partial charge in [0, 0.05) is 41.8 Å². The van der Waals surface area contributed by atoms with Crippen LogP contribution in [0.3, 0.4) is 0 Å². The van der Waals surface area contributed by atoms with E-state index in [2.05, 4.69) is 16.0 Å². The van der Waals surface area contributed by atoms with Gasteiger partial charge in [0.15, 0.2) is 11.2 Å². The molecule has 1 N–H and O–H groups in total. The Labute approximate surface area is 220 Å². The highest BCUT2D eigenvalue weighted by atomic mass is 19.1. The smallest absolute Gasteiger partial charge is 0.199 e. The molecule has 2 fully saturated rings. The third-order valence-electron chi connectivity index (χ3n) is 8.48. The highest BCUT2D eigenvalue weighted by Crippen LogP contribution is 2.41. The molecular weight excluding hydrogens is 483 g/mol. The summed E-state index contributed by atoms with van der Waals surface area (Å²) in [7, 11) is 1.55. The zero-order valence-corrected chi connectivity index (χ0v) is 22.1. The second-order valence-corrected chi connectivity index (χ2v) is 10.9. The number of fused-ring (bicyclic) bond motifs is 4. The lowest BCUT2D eigenvalue weighted by atomic mass is 9.86. The third-order valence-corrected chi connectivity index (χ3v) is 8.48. The Bertz CT molecular complexity index is 1630. The van der Waals surface area contributed by atoms with E-state index >= 15 is 4.39 Å². The second kappa shape index (κ2) is 9.72. The van der Waals surface area contributed by atoms with E-state index in [1.54, 1.807) is 31.4 Å². The van der Waals surface area contributed by atoms with Gasteiger partial charge in [-0.15, -0.1) is 0 Å². The number of hydrogen-bond acceptors (Lipinski definition) is 5. The van der Waals surface area contributed by atoms with Gasteiger partial charge in [-0.25, -0.2) is 4.39 Å². The molecule has 0 radical (unpaired) electrons. The number of halogens is 1. The maximum atomic E-state index is 16.7. The predicted molar refractivity (Wildman–Crippen MR) is 147 cm³/mol. The van der Waals surface area contributed by atoms with E-state index in [9.17, 15) is 10.1 Å². The molecule has 0 spiro atoms. The lowest BCUT2D eigenvalue weighted by molar-refractivity contribution is 0.0250. The van der Waals surface area contributed by atoms with Crippen molar-refractivity contribution in [2.45, 2.75) is 57.5 Å². The van der Waals surface area contributed by atoms with Crippen LogP contribution in [0, 0.1) is 17.1 Å². The first kappa shape index (κ1) is 24.9. The lowest BCUT2D eigenvalue weighted by Gasteiger charge is -2.39. The van der Waals surface area contributed by atoms with Crippen molar-refractivity contribution in [3.8, 4) is 11.8 Å². The molecule has 198 valence electrons. The van der Waals surface area contributed by atoms with E-state index in [0.29, 0.717) is 50.4 Å². The summed E-state index contributed by atoms with van der Waals surface area (Å²) in [6.45, 7) is 7.43. The summed E-state index contributed by atoms with van der Waals surface area (Å²) in [5.41, 5.74) is 2.41. The minimum absolute atomic E-state index is 0.0118. The van der Waals surface area contributed by atoms with Gasteiger partial charge >= 0.3 is 0 Å². The van der Waals surface area contributed by atoms with Crippen molar-refractivity contribution in [1.82, 2.24) is 14.5 Å². The van der Waals surface area contributed by atoms with E-state index < -0.39 is 0 Å². The van der Waals surface area contributed by atoms with Gasteiger partial charge in [-0.05, 0) is 76.7 Å². The topological polar surface area (TPSA) is 83.3 Å². The fraction of sp³-hybridized carbons (Fsp3) is 0.467. The molecule has 4 heterocycles. The highest BCUT2D eigenvalue weighted by Gasteiger charge is 2.32. The summed E-state index contributed by atoms with van der Waals surface area (Å²) in [5.74, 6) is 0.0866. The molecule has 2 saturated heterocycles. The number of nitrogens with one attached hydrogen (secondary N) is 1. The fourth-order valence-corrected chi connectivity index (χ4v) is 6.62. The largest absolute Gasteiger partial charge is 0.496 e. The van der Waals surface area contributed by atoms with Crippen LogP contribution < -0.4 is 10.2 Å². The Kier molecular flexibility index (Phi) is 6.37. The minimum atomic E-state index is -0.368. The van der Waals surface area contributed by atoms with Gasteiger partial charge in [0.2, 0.25) is 0 Å². The summed E-state index contributed by atoms with van der Waals surface area (Å²) in [6.07, 6.45) is 3.78. The number of hydrogen-bond donors (Lipinski definition) is 1. The van der Waals surface area contributed by atoms with Crippen molar-refractivity contribution in [2.75, 3.05) is 33.4 Å². The average Bonchev–Trinajstić information content (AvgIpc) is 3.32. The average molecular weight is 517 g/mol. The summed E-state index contributed by atoms with van der Waals surface area (Å²) >= 11 is 0. The number of aromatic amines is 1. The quantitative estimate of drug-likeness (QED) is 0.382. The number of nitriles is 1. The van der Waals surface area contributed by atoms with Crippen molar-refractivity contribution >= 4 is 32.8 Å². The lowest BCUT2D eigenvalue weighted by Crippen LogP contribution is -2.43. The maximum absolute atomic E-state index is 16.7. The Morgan fingerprint density at radius 1 is 1.13 bits per heavy atom. The fourth-order valence-electron chi connectivity index (χ4n) is 6.62. The van der Waals surface area contributed by atoms with Gasteiger partial charge in [-0.2, -0.15) is 5.26 Å². The highest BCUT2D eigenvalue weighted by molar-refractivity contribution is 6.10. The number of likely N-dealkylation sites (tertiary alicyclic amines) is 1. The van der Waals surface area contributed by atoms with Gasteiger partial charge in [-0.1, -0.05) is 6.07 Å². The number of piperidine rings is 1. The summed E-state index contributed by atoms with van der Waals surface area (Å²) in [6, 6.07) is 9.54. The molecule has 8 heteroatoms. The molecule has 2 aromatic carbocycles. The van der Waals surface area contributed by atoms with Crippen LogP contribution in [0.1, 0.15) is 62.6 Å². The zero-order chi connectivity index (χ0) is 26.6. The van der Waals surface area contributed by atoms with Crippen LogP contribution in [0.2, 0.25) is 0 Å². The Morgan fingerprint density at radius 2 is 1.87 bits per heavy atom. The molecule has 6 rings (SSSR count). The van der Waals surface area contributed by atoms with Gasteiger partial charge < -0.3 is 23.9 Å². The zero-order valence-electron chi connectivity index (χ0n) is 22.1. The predicted octanol–water partition coefficient (Wildman–Crippen LogP) is 5.59. The molecule has 0 unspecified atom stereocenters. The van der Waals surface area contributed by atoms with Crippen molar-refractivity contribution in [2.24, 2.45) is 0 Å². The molecule has 2 aliphatic heterocycles. The van der Waals surface area contributed by atoms with Crippen LogP contribution in [0.5, 0.6) is 5.75 Å². The minimum Gasteiger partial charge on any atom is -0.496 e. The SMILES string of the molecule is COc1cc2c(=O)c3c4ccc(C#N)cc4[nH]c3n(C(C)C)c2c(F)c1C1CCN(C2CCOCC2)CC1. The number of aromatic nitrogens is 2. The van der Waals surface area contributed by atoms with Crippen molar-refractivity contribution in [3.05, 3.63) is 51.4 Å². The van der Waals surface area contributed by atoms with E-state index in [0.717, 1.165) is 57.4 Å². The molecule has 0 atom stereocenters. The molecule has 0 aliphatic carbocycles. The standard InChI is InChI=1S/C30H33FN4O3/c1-17(2)35-28-22(29(36)26-21-5-4-18(16-32)14-23(21)33-30(26)35)15-24(37-3)25(27(28)31)19-6-10-34(11-7-19)20-8-12-38-13-9-20/h4-5,14-15,17,19-20,33H,6-13H2,1-3H3. The number of benzene rings is 2. The number of rotatable bonds is 4. The van der Waals surface area contributed by atoms with Crippen LogP contribution in [0.15, 0.2) is 29.1 Å². The second-order valence-electron chi connectivity index (χ2n) is 10.9. The Balaban J connectivity index is 1.52. The number of ether oxygens (including phenoxy) is 2. The molecule has 38 heavy (non-hydrogen) atoms. The molecule has 0 amide bonds. The number of nitrogens with zero attached hydrogens (tertiary/aromatic N) is 3. The van der Waals surface area contributed by atoms with Gasteiger partial charge in [0.1, 0.15) is 11.4 Å². The number of pyridine rings is 1. The molecule has 4 aromatic rings. The Morgan fingerprint density at radius 3 is 2.53 bits per heavy atom. The van der Waals surface area contributed by atoms with Crippen LogP contribution in [-0.4, -0.2) is 53.9 Å². The summed E-state index contributed by atoms with van der Waals surface area (Å²) < 4.78 is 29.9. The first-order chi connectivity index (χ1) is 18.4. The maximum Gasteiger partial charge on any atom is 0.199 e. The van der Waals surface area contributed by atoms with E-state index in [4.69, 9.17) is 9.47 Å². The molecule has 0 saturated carbocycles. The summed E-state index contributed by atoms with van der Waals surface area (Å²) in [5, 5.41) is 10.9. The molecular formula is C30H33FN4O3. The van der Waals surface area contributed by atoms with E-state index in [1.165, 1.54) is 0 Å². The van der Waals surface area contributed by atoms with Gasteiger partial charge in [0.25, 0.3) is 0 Å². The number of methoxy groups -OCH3 is 1. The monoisotopic (exact) mass is 516 g/mol. The van der Waals surface area contributed by atoms with Crippen LogP contribution >= 0.6 is 0 Å². The van der Waals surface area contributed by atoms with Crippen molar-refractivity contribution in [1.29, 1.82) is 5.26 Å². The van der Waals surface area contributed by atoms with E-state index in [-0.39, 0.29) is 23.2 Å². The van der Waals surface area contributed by atoms with Crippen molar-refractivity contribution in [3.63, 3.8) is 0 Å². The molecule has 0 bridgehead atoms.